The Balaban J connectivity index is 2.36. The highest BCUT2D eigenvalue weighted by molar-refractivity contribution is 9.10. The van der Waals surface area contributed by atoms with Gasteiger partial charge in [0.1, 0.15) is 11.6 Å². The van der Waals surface area contributed by atoms with Gasteiger partial charge in [-0.15, -0.1) is 0 Å². The Morgan fingerprint density at radius 1 is 1.29 bits per heavy atom. The first-order chi connectivity index (χ1) is 9.99. The molecule has 3 nitrogen and oxygen atoms in total. The molecule has 6 heteroatoms. The zero-order valence-corrected chi connectivity index (χ0v) is 13.5. The fourth-order valence-corrected chi connectivity index (χ4v) is 3.05. The molecule has 1 N–H and O–H groups in total. The maximum atomic E-state index is 13.7. The van der Waals surface area contributed by atoms with Crippen LogP contribution in [0.2, 0.25) is 0 Å². The Bertz CT molecular complexity index is 623. The molecule has 0 saturated heterocycles. The lowest BCUT2D eigenvalue weighted by molar-refractivity contribution is 0.165. The zero-order valence-electron chi connectivity index (χ0n) is 11.9. The van der Waals surface area contributed by atoms with Crippen molar-refractivity contribution in [2.24, 2.45) is 0 Å². The lowest BCUT2D eigenvalue weighted by Crippen LogP contribution is -2.11. The summed E-state index contributed by atoms with van der Waals surface area (Å²) in [5.41, 5.74) is 1.31. The summed E-state index contributed by atoms with van der Waals surface area (Å²) < 4.78 is 30.0. The highest BCUT2D eigenvalue weighted by atomic mass is 79.9. The van der Waals surface area contributed by atoms with Gasteiger partial charge >= 0.3 is 0 Å². The van der Waals surface area contributed by atoms with E-state index in [4.69, 9.17) is 0 Å². The van der Waals surface area contributed by atoms with E-state index < -0.39 is 17.7 Å². The molecule has 21 heavy (non-hydrogen) atoms. The summed E-state index contributed by atoms with van der Waals surface area (Å²) >= 11 is 3.46. The fourth-order valence-electron chi connectivity index (χ4n) is 2.33. The molecule has 0 bridgehead atoms. The maximum absolute atomic E-state index is 13.7. The first-order valence-electron chi connectivity index (χ1n) is 6.85. The minimum Gasteiger partial charge on any atom is -0.388 e. The van der Waals surface area contributed by atoms with E-state index in [1.807, 2.05) is 13.8 Å². The number of halogens is 3. The molecule has 2 rings (SSSR count). The third kappa shape index (κ3) is 3.16. The fraction of sp³-hybridized carbons (Fsp3) is 0.400. The molecule has 0 amide bonds. The maximum Gasteiger partial charge on any atom is 0.131 e. The van der Waals surface area contributed by atoms with Gasteiger partial charge in [0.2, 0.25) is 0 Å². The normalized spacial score (nSPS) is 12.7. The average molecular weight is 359 g/mol. The molecule has 0 aliphatic rings. The summed E-state index contributed by atoms with van der Waals surface area (Å²) in [4.78, 5) is 0. The van der Waals surface area contributed by atoms with Gasteiger partial charge < -0.3 is 5.11 Å². The van der Waals surface area contributed by atoms with E-state index in [0.717, 1.165) is 34.4 Å². The van der Waals surface area contributed by atoms with Gasteiger partial charge in [0.15, 0.2) is 0 Å². The van der Waals surface area contributed by atoms with Crippen molar-refractivity contribution < 1.29 is 13.9 Å². The molecule has 0 aliphatic heterocycles. The Kier molecular flexibility index (Phi) is 5.11. The topological polar surface area (TPSA) is 38.0 Å². The van der Waals surface area contributed by atoms with Crippen molar-refractivity contribution in [1.29, 1.82) is 0 Å². The number of hydrogen-bond acceptors (Lipinski definition) is 2. The van der Waals surface area contributed by atoms with Crippen LogP contribution >= 0.6 is 15.9 Å². The van der Waals surface area contributed by atoms with Crippen LogP contribution in [0.1, 0.15) is 36.9 Å². The largest absolute Gasteiger partial charge is 0.388 e. The molecule has 1 unspecified atom stereocenters. The molecular weight excluding hydrogens is 342 g/mol. The van der Waals surface area contributed by atoms with Crippen LogP contribution in [0.15, 0.2) is 22.7 Å². The lowest BCUT2D eigenvalue weighted by Gasteiger charge is -2.14. The molecule has 0 saturated carbocycles. The predicted molar refractivity (Wildman–Crippen MR) is 80.0 cm³/mol. The van der Waals surface area contributed by atoms with E-state index in [2.05, 4.69) is 21.0 Å². The van der Waals surface area contributed by atoms with Gasteiger partial charge in [-0.1, -0.05) is 13.0 Å². The van der Waals surface area contributed by atoms with Crippen LogP contribution in [0, 0.1) is 11.6 Å². The number of aromatic nitrogens is 2. The van der Waals surface area contributed by atoms with E-state index in [1.165, 1.54) is 6.07 Å². The van der Waals surface area contributed by atoms with Gasteiger partial charge in [-0.3, -0.25) is 4.68 Å². The number of hydrogen-bond donors (Lipinski definition) is 1. The van der Waals surface area contributed by atoms with E-state index >= 15 is 0 Å². The number of nitrogens with zero attached hydrogens (tertiary/aromatic N) is 2. The highest BCUT2D eigenvalue weighted by Gasteiger charge is 2.22. The number of aliphatic hydroxyl groups excluding tert-OH is 1. The molecule has 0 fully saturated rings. The molecule has 2 aromatic rings. The first-order valence-corrected chi connectivity index (χ1v) is 7.64. The summed E-state index contributed by atoms with van der Waals surface area (Å²) in [6.45, 7) is 4.53. The molecular formula is C15H17BrF2N2O. The number of benzene rings is 1. The average Bonchev–Trinajstić information content (AvgIpc) is 2.75. The van der Waals surface area contributed by atoms with E-state index in [9.17, 15) is 13.9 Å². The number of rotatable bonds is 5. The minimum absolute atomic E-state index is 0.0965. The first kappa shape index (κ1) is 16.1. The van der Waals surface area contributed by atoms with Crippen LogP contribution in [0.4, 0.5) is 8.78 Å². The van der Waals surface area contributed by atoms with Crippen LogP contribution in [0.3, 0.4) is 0 Å². The zero-order chi connectivity index (χ0) is 15.6. The summed E-state index contributed by atoms with van der Waals surface area (Å²) in [6.07, 6.45) is -0.418. The van der Waals surface area contributed by atoms with Crippen molar-refractivity contribution in [3.05, 3.63) is 51.3 Å². The standard InChI is InChI=1S/C15H17BrF2N2O/c1-3-11-15(16)12(20(4-2)19-11)8-13(21)14-9(17)6-5-7-10(14)18/h5-7,13,21H,3-4,8H2,1-2H3. The Labute approximate surface area is 130 Å². The molecule has 114 valence electrons. The number of aryl methyl sites for hydroxylation is 2. The van der Waals surface area contributed by atoms with Crippen molar-refractivity contribution in [2.75, 3.05) is 0 Å². The molecule has 1 heterocycles. The SMILES string of the molecule is CCc1nn(CC)c(CC(O)c2c(F)cccc2F)c1Br. The highest BCUT2D eigenvalue weighted by Crippen LogP contribution is 2.29. The Morgan fingerprint density at radius 2 is 1.90 bits per heavy atom. The van der Waals surface area contributed by atoms with Gasteiger partial charge in [0.25, 0.3) is 0 Å². The molecule has 0 radical (unpaired) electrons. The summed E-state index contributed by atoms with van der Waals surface area (Å²) in [5.74, 6) is -1.48. The second kappa shape index (κ2) is 6.66. The van der Waals surface area contributed by atoms with Crippen molar-refractivity contribution >= 4 is 15.9 Å². The second-order valence-electron chi connectivity index (χ2n) is 4.73. The van der Waals surface area contributed by atoms with Crippen LogP contribution in [-0.2, 0) is 19.4 Å². The van der Waals surface area contributed by atoms with Gasteiger partial charge in [0, 0.05) is 13.0 Å². The van der Waals surface area contributed by atoms with E-state index in [-0.39, 0.29) is 12.0 Å². The second-order valence-corrected chi connectivity index (χ2v) is 5.52. The van der Waals surface area contributed by atoms with Crippen LogP contribution < -0.4 is 0 Å². The van der Waals surface area contributed by atoms with Crippen LogP contribution in [0.25, 0.3) is 0 Å². The van der Waals surface area contributed by atoms with Gasteiger partial charge in [-0.25, -0.2) is 8.78 Å². The Morgan fingerprint density at radius 3 is 2.43 bits per heavy atom. The van der Waals surface area contributed by atoms with Crippen LogP contribution in [0.5, 0.6) is 0 Å². The van der Waals surface area contributed by atoms with E-state index in [1.54, 1.807) is 4.68 Å². The molecule has 0 spiro atoms. The monoisotopic (exact) mass is 358 g/mol. The van der Waals surface area contributed by atoms with Crippen molar-refractivity contribution in [3.63, 3.8) is 0 Å². The van der Waals surface area contributed by atoms with E-state index in [0.29, 0.717) is 6.54 Å². The van der Waals surface area contributed by atoms with Gasteiger partial charge in [-0.05, 0) is 41.4 Å². The summed E-state index contributed by atoms with van der Waals surface area (Å²) in [6, 6.07) is 3.57. The van der Waals surface area contributed by atoms with Crippen molar-refractivity contribution in [3.8, 4) is 0 Å². The van der Waals surface area contributed by atoms with Gasteiger partial charge in [0.05, 0.1) is 27.5 Å². The number of aliphatic hydroxyl groups is 1. The van der Waals surface area contributed by atoms with Crippen molar-refractivity contribution in [2.45, 2.75) is 39.3 Å². The van der Waals surface area contributed by atoms with Gasteiger partial charge in [-0.2, -0.15) is 5.10 Å². The Hall–Kier alpha value is -1.27. The minimum atomic E-state index is -1.26. The van der Waals surface area contributed by atoms with Crippen molar-refractivity contribution in [1.82, 2.24) is 9.78 Å². The molecule has 1 aromatic heterocycles. The predicted octanol–water partition coefficient (Wildman–Crippen LogP) is 3.78. The summed E-state index contributed by atoms with van der Waals surface area (Å²) in [7, 11) is 0. The lowest BCUT2D eigenvalue weighted by atomic mass is 10.0. The third-order valence-electron chi connectivity index (χ3n) is 3.41. The molecule has 1 atom stereocenters. The van der Waals surface area contributed by atoms with Crippen LogP contribution in [-0.4, -0.2) is 14.9 Å². The molecule has 0 aliphatic carbocycles. The summed E-state index contributed by atoms with van der Waals surface area (Å²) in [5, 5.41) is 14.6. The third-order valence-corrected chi connectivity index (χ3v) is 4.33. The smallest absolute Gasteiger partial charge is 0.131 e. The quantitative estimate of drug-likeness (QED) is 0.882. The molecule has 1 aromatic carbocycles.